The Morgan fingerprint density at radius 3 is 2.59 bits per heavy atom. The lowest BCUT2D eigenvalue weighted by Gasteiger charge is -2.32. The van der Waals surface area contributed by atoms with Crippen LogP contribution in [-0.4, -0.2) is 60.4 Å². The molecule has 1 aliphatic rings. The lowest BCUT2D eigenvalue weighted by atomic mass is 10.1. The summed E-state index contributed by atoms with van der Waals surface area (Å²) in [6.07, 6.45) is 6.38. The Morgan fingerprint density at radius 1 is 1.22 bits per heavy atom. The Kier molecular flexibility index (Phi) is 9.65. The van der Waals surface area contributed by atoms with Crippen molar-refractivity contribution in [2.75, 3.05) is 31.6 Å². The third-order valence-electron chi connectivity index (χ3n) is 4.94. The molecule has 1 aromatic carbocycles. The Morgan fingerprint density at radius 2 is 1.93 bits per heavy atom. The quantitative estimate of drug-likeness (QED) is 0.599. The first-order valence-corrected chi connectivity index (χ1v) is 11.8. The molecular formula is C20H30BrN3O2S. The third kappa shape index (κ3) is 7.12. The lowest BCUT2D eigenvalue weighted by Crippen LogP contribution is -2.51. The molecule has 0 aromatic heterocycles. The summed E-state index contributed by atoms with van der Waals surface area (Å²) in [7, 11) is 0. The highest BCUT2D eigenvalue weighted by Gasteiger charge is 2.23. The van der Waals surface area contributed by atoms with E-state index < -0.39 is 6.04 Å². The van der Waals surface area contributed by atoms with E-state index in [1.165, 1.54) is 19.3 Å². The van der Waals surface area contributed by atoms with Crippen molar-refractivity contribution in [2.24, 2.45) is 0 Å². The van der Waals surface area contributed by atoms with Crippen molar-refractivity contribution < 1.29 is 9.59 Å². The molecule has 1 heterocycles. The minimum atomic E-state index is -0.523. The molecule has 5 nitrogen and oxygen atoms in total. The van der Waals surface area contributed by atoms with Crippen LogP contribution < -0.4 is 10.6 Å². The van der Waals surface area contributed by atoms with Crippen LogP contribution in [0.15, 0.2) is 28.7 Å². The van der Waals surface area contributed by atoms with Crippen molar-refractivity contribution in [3.8, 4) is 0 Å². The molecule has 27 heavy (non-hydrogen) atoms. The van der Waals surface area contributed by atoms with Crippen molar-refractivity contribution in [1.82, 2.24) is 15.5 Å². The summed E-state index contributed by atoms with van der Waals surface area (Å²) in [4.78, 5) is 27.7. The van der Waals surface area contributed by atoms with Crippen molar-refractivity contribution in [3.63, 3.8) is 0 Å². The maximum atomic E-state index is 12.7. The first kappa shape index (κ1) is 22.2. The van der Waals surface area contributed by atoms with Crippen LogP contribution >= 0.6 is 27.7 Å². The molecule has 0 unspecified atom stereocenters. The number of amides is 2. The van der Waals surface area contributed by atoms with Crippen LogP contribution in [0, 0.1) is 0 Å². The van der Waals surface area contributed by atoms with Crippen LogP contribution in [0.25, 0.3) is 0 Å². The summed E-state index contributed by atoms with van der Waals surface area (Å²) in [5, 5.41) is 5.95. The highest BCUT2D eigenvalue weighted by atomic mass is 79.9. The number of carbonyl (C=O) groups is 2. The molecule has 7 heteroatoms. The fraction of sp³-hybridized carbons (Fsp3) is 0.600. The summed E-state index contributed by atoms with van der Waals surface area (Å²) in [5.74, 6) is 0.483. The number of rotatable bonds is 9. The maximum absolute atomic E-state index is 12.7. The van der Waals surface area contributed by atoms with Crippen LogP contribution in [-0.2, 0) is 4.79 Å². The number of piperidine rings is 1. The van der Waals surface area contributed by atoms with Crippen molar-refractivity contribution in [2.45, 2.75) is 44.7 Å². The lowest BCUT2D eigenvalue weighted by molar-refractivity contribution is -0.123. The zero-order valence-electron chi connectivity index (χ0n) is 16.2. The van der Waals surface area contributed by atoms with E-state index >= 15 is 0 Å². The van der Waals surface area contributed by atoms with Gasteiger partial charge in [0.2, 0.25) is 5.91 Å². The van der Waals surface area contributed by atoms with Gasteiger partial charge in [0.05, 0.1) is 5.56 Å². The van der Waals surface area contributed by atoms with E-state index in [4.69, 9.17) is 0 Å². The van der Waals surface area contributed by atoms with Crippen LogP contribution in [0.4, 0.5) is 0 Å². The van der Waals surface area contributed by atoms with Gasteiger partial charge in [0.25, 0.3) is 5.91 Å². The summed E-state index contributed by atoms with van der Waals surface area (Å²) in [5.41, 5.74) is 0.543. The predicted molar refractivity (Wildman–Crippen MR) is 116 cm³/mol. The minimum Gasteiger partial charge on any atom is -0.353 e. The van der Waals surface area contributed by atoms with E-state index in [-0.39, 0.29) is 11.8 Å². The second-order valence-corrected chi connectivity index (χ2v) is 8.82. The number of likely N-dealkylation sites (tertiary alicyclic amines) is 1. The largest absolute Gasteiger partial charge is 0.353 e. The van der Waals surface area contributed by atoms with Crippen LogP contribution in [0.1, 0.15) is 43.0 Å². The monoisotopic (exact) mass is 455 g/mol. The van der Waals surface area contributed by atoms with E-state index in [1.807, 2.05) is 24.5 Å². The van der Waals surface area contributed by atoms with Gasteiger partial charge in [-0.05, 0) is 79.3 Å². The molecule has 1 aromatic rings. The molecule has 0 spiro atoms. The summed E-state index contributed by atoms with van der Waals surface area (Å²) in [6.45, 7) is 4.97. The van der Waals surface area contributed by atoms with Gasteiger partial charge in [-0.3, -0.25) is 14.5 Å². The molecule has 0 radical (unpaired) electrons. The Balaban J connectivity index is 1.92. The molecule has 2 atom stereocenters. The van der Waals surface area contributed by atoms with E-state index in [1.54, 1.807) is 17.8 Å². The van der Waals surface area contributed by atoms with Crippen molar-refractivity contribution in [3.05, 3.63) is 34.3 Å². The van der Waals surface area contributed by atoms with Gasteiger partial charge in [-0.2, -0.15) is 11.8 Å². The molecule has 0 saturated carbocycles. The van der Waals surface area contributed by atoms with Gasteiger partial charge >= 0.3 is 0 Å². The highest BCUT2D eigenvalue weighted by molar-refractivity contribution is 9.10. The van der Waals surface area contributed by atoms with Gasteiger partial charge in [0, 0.05) is 17.1 Å². The number of hydrogen-bond donors (Lipinski definition) is 2. The standard InChI is InChI=1S/C20H30BrN3O2S/c1-15(24-11-6-3-7-12-24)14-22-20(26)18(10-13-27-2)23-19(25)16-8-4-5-9-17(16)21/h4-5,8-9,15,18H,3,6-7,10-14H2,1-2H3,(H,22,26)(H,23,25)/t15-,18-/m1/s1. The van der Waals surface area contributed by atoms with Crippen LogP contribution in [0.3, 0.4) is 0 Å². The fourth-order valence-electron chi connectivity index (χ4n) is 3.25. The zero-order chi connectivity index (χ0) is 19.6. The van der Waals surface area contributed by atoms with Gasteiger partial charge in [-0.15, -0.1) is 0 Å². The molecular weight excluding hydrogens is 426 g/mol. The predicted octanol–water partition coefficient (Wildman–Crippen LogP) is 3.29. The topological polar surface area (TPSA) is 61.4 Å². The highest BCUT2D eigenvalue weighted by Crippen LogP contribution is 2.16. The van der Waals surface area contributed by atoms with Gasteiger partial charge in [-0.1, -0.05) is 18.6 Å². The van der Waals surface area contributed by atoms with E-state index in [9.17, 15) is 9.59 Å². The van der Waals surface area contributed by atoms with Gasteiger partial charge in [-0.25, -0.2) is 0 Å². The number of thioether (sulfide) groups is 1. The zero-order valence-corrected chi connectivity index (χ0v) is 18.6. The SMILES string of the molecule is CSCC[C@@H](NC(=O)c1ccccc1Br)C(=O)NC[C@@H](C)N1CCCCC1. The summed E-state index contributed by atoms with van der Waals surface area (Å²) >= 11 is 5.07. The number of hydrogen-bond acceptors (Lipinski definition) is 4. The van der Waals surface area contributed by atoms with Gasteiger partial charge in [0.1, 0.15) is 6.04 Å². The summed E-state index contributed by atoms with van der Waals surface area (Å²) < 4.78 is 0.727. The molecule has 2 amide bonds. The Labute approximate surface area is 175 Å². The van der Waals surface area contributed by atoms with E-state index in [2.05, 4.69) is 38.4 Å². The molecule has 1 saturated heterocycles. The van der Waals surface area contributed by atoms with Crippen molar-refractivity contribution in [1.29, 1.82) is 0 Å². The van der Waals surface area contributed by atoms with Crippen molar-refractivity contribution >= 4 is 39.5 Å². The first-order valence-electron chi connectivity index (χ1n) is 9.59. The number of nitrogens with zero attached hydrogens (tertiary/aromatic N) is 1. The minimum absolute atomic E-state index is 0.103. The molecule has 0 aliphatic carbocycles. The number of benzene rings is 1. The van der Waals surface area contributed by atoms with Gasteiger partial charge < -0.3 is 10.6 Å². The van der Waals surface area contributed by atoms with E-state index in [0.717, 1.165) is 23.3 Å². The number of carbonyl (C=O) groups excluding carboxylic acids is 2. The average molecular weight is 456 g/mol. The van der Waals surface area contributed by atoms with Crippen LogP contribution in [0.2, 0.25) is 0 Å². The molecule has 2 rings (SSSR count). The average Bonchev–Trinajstić information content (AvgIpc) is 2.69. The third-order valence-corrected chi connectivity index (χ3v) is 6.27. The Hall–Kier alpha value is -1.05. The van der Waals surface area contributed by atoms with E-state index in [0.29, 0.717) is 24.6 Å². The molecule has 150 valence electrons. The first-order chi connectivity index (χ1) is 13.0. The Bertz CT molecular complexity index is 623. The smallest absolute Gasteiger partial charge is 0.253 e. The second kappa shape index (κ2) is 11.7. The summed E-state index contributed by atoms with van der Waals surface area (Å²) in [6, 6.07) is 7.05. The van der Waals surface area contributed by atoms with Crippen LogP contribution in [0.5, 0.6) is 0 Å². The second-order valence-electron chi connectivity index (χ2n) is 6.98. The molecule has 2 N–H and O–H groups in total. The molecule has 0 bridgehead atoms. The maximum Gasteiger partial charge on any atom is 0.253 e. The normalized spacial score (nSPS) is 17.1. The molecule has 1 aliphatic heterocycles. The fourth-order valence-corrected chi connectivity index (χ4v) is 4.18. The van der Waals surface area contributed by atoms with Gasteiger partial charge in [0.15, 0.2) is 0 Å². The number of halogens is 1. The molecule has 1 fully saturated rings. The number of nitrogens with one attached hydrogen (secondary N) is 2.